The molecule has 1 aromatic carbocycles. The average Bonchev–Trinajstić information content (AvgIpc) is 2.40. The Labute approximate surface area is 119 Å². The fourth-order valence-electron chi connectivity index (χ4n) is 2.06. The molecule has 0 radical (unpaired) electrons. The van der Waals surface area contributed by atoms with Gasteiger partial charge in [-0.15, -0.1) is 0 Å². The number of H-pyrrole nitrogens is 1. The van der Waals surface area contributed by atoms with E-state index in [2.05, 4.69) is 23.7 Å². The van der Waals surface area contributed by atoms with Gasteiger partial charge < -0.3 is 9.72 Å². The van der Waals surface area contributed by atoms with Crippen molar-refractivity contribution in [2.45, 2.75) is 33.4 Å². The number of aromatic amines is 1. The van der Waals surface area contributed by atoms with Crippen LogP contribution in [0.1, 0.15) is 26.3 Å². The van der Waals surface area contributed by atoms with Crippen LogP contribution < -0.4 is 10.3 Å². The Balaban J connectivity index is 2.40. The maximum absolute atomic E-state index is 12.1. The molecular formula is C16H22N2O2. The fraction of sp³-hybridized carbons (Fsp3) is 0.438. The van der Waals surface area contributed by atoms with Gasteiger partial charge in [-0.3, -0.25) is 9.69 Å². The van der Waals surface area contributed by atoms with Crippen LogP contribution in [-0.4, -0.2) is 29.6 Å². The van der Waals surface area contributed by atoms with Gasteiger partial charge in [0.1, 0.15) is 5.75 Å². The largest absolute Gasteiger partial charge is 0.494 e. The second-order valence-corrected chi connectivity index (χ2v) is 5.31. The number of nitrogens with zero attached hydrogens (tertiary/aromatic N) is 1. The van der Waals surface area contributed by atoms with Crippen molar-refractivity contribution >= 4 is 10.9 Å². The van der Waals surface area contributed by atoms with Crippen LogP contribution in [0.2, 0.25) is 0 Å². The quantitative estimate of drug-likeness (QED) is 0.912. The number of aromatic nitrogens is 1. The highest BCUT2D eigenvalue weighted by atomic mass is 16.5. The minimum atomic E-state index is -0.0193. The highest BCUT2D eigenvalue weighted by Crippen LogP contribution is 2.19. The molecule has 0 saturated carbocycles. The summed E-state index contributed by atoms with van der Waals surface area (Å²) in [6.45, 7) is 7.46. The van der Waals surface area contributed by atoms with E-state index in [1.54, 1.807) is 0 Å². The van der Waals surface area contributed by atoms with E-state index >= 15 is 0 Å². The molecule has 1 aromatic heterocycles. The molecule has 0 fully saturated rings. The maximum atomic E-state index is 12.1. The molecule has 0 aliphatic heterocycles. The van der Waals surface area contributed by atoms with Gasteiger partial charge in [0.15, 0.2) is 0 Å². The second-order valence-electron chi connectivity index (χ2n) is 5.31. The van der Waals surface area contributed by atoms with Crippen LogP contribution in [0.25, 0.3) is 10.9 Å². The van der Waals surface area contributed by atoms with Crippen molar-refractivity contribution in [1.29, 1.82) is 0 Å². The molecule has 4 nitrogen and oxygen atoms in total. The van der Waals surface area contributed by atoms with Crippen molar-refractivity contribution in [3.63, 3.8) is 0 Å². The van der Waals surface area contributed by atoms with Gasteiger partial charge in [-0.25, -0.2) is 0 Å². The normalized spacial score (nSPS) is 11.5. The van der Waals surface area contributed by atoms with Crippen molar-refractivity contribution in [3.8, 4) is 5.75 Å². The Bertz CT molecular complexity index is 646. The van der Waals surface area contributed by atoms with E-state index in [1.807, 2.05) is 38.2 Å². The van der Waals surface area contributed by atoms with Crippen molar-refractivity contribution in [1.82, 2.24) is 9.88 Å². The molecule has 2 rings (SSSR count). The van der Waals surface area contributed by atoms with E-state index in [0.717, 1.165) is 22.2 Å². The van der Waals surface area contributed by atoms with Gasteiger partial charge in [0, 0.05) is 29.1 Å². The summed E-state index contributed by atoms with van der Waals surface area (Å²) >= 11 is 0. The molecule has 1 heterocycles. The van der Waals surface area contributed by atoms with Gasteiger partial charge in [0.2, 0.25) is 0 Å². The molecule has 4 heteroatoms. The summed E-state index contributed by atoms with van der Waals surface area (Å²) in [5.74, 6) is 0.829. The lowest BCUT2D eigenvalue weighted by atomic mass is 10.1. The summed E-state index contributed by atoms with van der Waals surface area (Å²) in [6, 6.07) is 8.09. The molecule has 2 aromatic rings. The zero-order chi connectivity index (χ0) is 14.7. The van der Waals surface area contributed by atoms with Crippen LogP contribution in [0.4, 0.5) is 0 Å². The van der Waals surface area contributed by atoms with E-state index in [1.165, 1.54) is 0 Å². The highest BCUT2D eigenvalue weighted by Gasteiger charge is 2.09. The summed E-state index contributed by atoms with van der Waals surface area (Å²) in [5, 5.41) is 1.00. The molecule has 108 valence electrons. The minimum Gasteiger partial charge on any atom is -0.494 e. The third-order valence-corrected chi connectivity index (χ3v) is 3.50. The summed E-state index contributed by atoms with van der Waals surface area (Å²) in [7, 11) is 2.02. The lowest BCUT2D eigenvalue weighted by molar-refractivity contribution is 0.265. The van der Waals surface area contributed by atoms with Gasteiger partial charge in [0.05, 0.1) is 6.61 Å². The van der Waals surface area contributed by atoms with Crippen LogP contribution in [0.15, 0.2) is 29.1 Å². The van der Waals surface area contributed by atoms with Crippen molar-refractivity contribution < 1.29 is 4.74 Å². The lowest BCUT2D eigenvalue weighted by Crippen LogP contribution is -2.28. The number of rotatable bonds is 5. The van der Waals surface area contributed by atoms with Crippen LogP contribution >= 0.6 is 0 Å². The van der Waals surface area contributed by atoms with Crippen LogP contribution in [0, 0.1) is 0 Å². The van der Waals surface area contributed by atoms with Crippen LogP contribution in [0.3, 0.4) is 0 Å². The molecule has 0 bridgehead atoms. The molecule has 0 saturated heterocycles. The third-order valence-electron chi connectivity index (χ3n) is 3.50. The summed E-state index contributed by atoms with van der Waals surface area (Å²) in [6.07, 6.45) is 0. The SMILES string of the molecule is CCOc1ccc2[nH]c(=O)c(CN(C)C(C)C)cc2c1. The monoisotopic (exact) mass is 274 g/mol. The molecule has 0 spiro atoms. The number of benzene rings is 1. The van der Waals surface area contributed by atoms with Crippen molar-refractivity contribution in [2.75, 3.05) is 13.7 Å². The Morgan fingerprint density at radius 1 is 1.30 bits per heavy atom. The van der Waals surface area contributed by atoms with Gasteiger partial charge in [-0.2, -0.15) is 0 Å². The van der Waals surface area contributed by atoms with E-state index in [4.69, 9.17) is 4.74 Å². The molecule has 0 unspecified atom stereocenters. The molecule has 0 aliphatic carbocycles. The first-order valence-corrected chi connectivity index (χ1v) is 7.00. The predicted molar refractivity (Wildman–Crippen MR) is 82.3 cm³/mol. The van der Waals surface area contributed by atoms with E-state index in [0.29, 0.717) is 19.2 Å². The highest BCUT2D eigenvalue weighted by molar-refractivity contribution is 5.80. The first kappa shape index (κ1) is 14.6. The van der Waals surface area contributed by atoms with Crippen LogP contribution in [0.5, 0.6) is 5.75 Å². The standard InChI is InChI=1S/C16H22N2O2/c1-5-20-14-6-7-15-12(9-14)8-13(16(19)17-15)10-18(4)11(2)3/h6-9,11H,5,10H2,1-4H3,(H,17,19). The number of nitrogens with one attached hydrogen (secondary N) is 1. The predicted octanol–water partition coefficient (Wildman–Crippen LogP) is 2.77. The molecule has 0 atom stereocenters. The van der Waals surface area contributed by atoms with Gasteiger partial charge in [-0.1, -0.05) is 0 Å². The van der Waals surface area contributed by atoms with Gasteiger partial charge >= 0.3 is 0 Å². The smallest absolute Gasteiger partial charge is 0.252 e. The van der Waals surface area contributed by atoms with Crippen molar-refractivity contribution in [2.24, 2.45) is 0 Å². The van der Waals surface area contributed by atoms with Crippen molar-refractivity contribution in [3.05, 3.63) is 40.2 Å². The molecular weight excluding hydrogens is 252 g/mol. The maximum Gasteiger partial charge on any atom is 0.252 e. The van der Waals surface area contributed by atoms with E-state index in [9.17, 15) is 4.79 Å². The Morgan fingerprint density at radius 3 is 2.70 bits per heavy atom. The average molecular weight is 274 g/mol. The summed E-state index contributed by atoms with van der Waals surface area (Å²) in [5.41, 5.74) is 1.60. The van der Waals surface area contributed by atoms with Gasteiger partial charge in [0.25, 0.3) is 5.56 Å². The van der Waals surface area contributed by atoms with E-state index in [-0.39, 0.29) is 5.56 Å². The number of pyridine rings is 1. The topological polar surface area (TPSA) is 45.3 Å². The lowest BCUT2D eigenvalue weighted by Gasteiger charge is -2.20. The Kier molecular flexibility index (Phi) is 4.45. The first-order valence-electron chi connectivity index (χ1n) is 7.00. The summed E-state index contributed by atoms with van der Waals surface area (Å²) < 4.78 is 5.50. The Morgan fingerprint density at radius 2 is 2.05 bits per heavy atom. The Hall–Kier alpha value is -1.81. The van der Waals surface area contributed by atoms with Gasteiger partial charge in [-0.05, 0) is 52.1 Å². The fourth-order valence-corrected chi connectivity index (χ4v) is 2.06. The second kappa shape index (κ2) is 6.09. The molecule has 20 heavy (non-hydrogen) atoms. The summed E-state index contributed by atoms with van der Waals surface area (Å²) in [4.78, 5) is 17.2. The number of ether oxygens (including phenoxy) is 1. The first-order chi connectivity index (χ1) is 9.51. The zero-order valence-corrected chi connectivity index (χ0v) is 12.6. The minimum absolute atomic E-state index is 0.0193. The van der Waals surface area contributed by atoms with E-state index < -0.39 is 0 Å². The zero-order valence-electron chi connectivity index (χ0n) is 12.6. The van der Waals surface area contributed by atoms with Crippen LogP contribution in [-0.2, 0) is 6.54 Å². The number of fused-ring (bicyclic) bond motifs is 1. The number of hydrogen-bond donors (Lipinski definition) is 1. The molecule has 0 amide bonds. The molecule has 0 aliphatic rings. The molecule has 1 N–H and O–H groups in total. The third kappa shape index (κ3) is 3.20. The number of hydrogen-bond acceptors (Lipinski definition) is 3.